The summed E-state index contributed by atoms with van der Waals surface area (Å²) in [6, 6.07) is 1.25. The Kier molecular flexibility index (Phi) is 6.62. The fourth-order valence-electron chi connectivity index (χ4n) is 1.37. The smallest absolute Gasteiger partial charge is 0.326 e. The molecule has 1 atom stereocenters. The van der Waals surface area contributed by atoms with E-state index in [0.717, 1.165) is 4.47 Å². The first-order valence-corrected chi connectivity index (χ1v) is 7.81. The van der Waals surface area contributed by atoms with Crippen LogP contribution in [0.4, 0.5) is 10.5 Å². The maximum atomic E-state index is 11.8. The fourth-order valence-corrected chi connectivity index (χ4v) is 3.83. The van der Waals surface area contributed by atoms with Crippen molar-refractivity contribution >= 4 is 71.4 Å². The van der Waals surface area contributed by atoms with Crippen LogP contribution in [0.25, 0.3) is 0 Å². The number of carbonyl (C=O) groups is 3. The number of carbonyl (C=O) groups excluding carboxylic acids is 2. The van der Waals surface area contributed by atoms with Gasteiger partial charge in [-0.3, -0.25) is 4.79 Å². The van der Waals surface area contributed by atoms with Gasteiger partial charge in [-0.05, 0) is 44.0 Å². The van der Waals surface area contributed by atoms with Gasteiger partial charge < -0.3 is 21.5 Å². The van der Waals surface area contributed by atoms with E-state index in [4.69, 9.17) is 10.8 Å². The molecule has 0 aromatic heterocycles. The molecule has 0 bridgehead atoms. The minimum absolute atomic E-state index is 0.416. The Hall–Kier alpha value is -1.13. The van der Waals surface area contributed by atoms with Crippen molar-refractivity contribution in [2.75, 3.05) is 5.32 Å². The fraction of sp³-hybridized carbons (Fsp3) is 0.182. The van der Waals surface area contributed by atoms with Crippen LogP contribution in [0.15, 0.2) is 25.6 Å². The lowest BCUT2D eigenvalue weighted by Crippen LogP contribution is -2.45. The van der Waals surface area contributed by atoms with E-state index in [0.29, 0.717) is 14.6 Å². The first kappa shape index (κ1) is 17.9. The average Bonchev–Trinajstić information content (AvgIpc) is 2.32. The Labute approximate surface area is 145 Å². The summed E-state index contributed by atoms with van der Waals surface area (Å²) in [5, 5.41) is 13.6. The highest BCUT2D eigenvalue weighted by Crippen LogP contribution is 2.34. The van der Waals surface area contributed by atoms with E-state index < -0.39 is 30.4 Å². The van der Waals surface area contributed by atoms with Crippen LogP contribution in [0, 0.1) is 0 Å². The summed E-state index contributed by atoms with van der Waals surface area (Å²) in [4.78, 5) is 33.5. The van der Waals surface area contributed by atoms with Crippen LogP contribution < -0.4 is 16.4 Å². The monoisotopic (exact) mass is 485 g/mol. The Bertz CT molecular complexity index is 571. The molecule has 10 heteroatoms. The number of anilines is 1. The molecule has 0 spiro atoms. The number of hydrogen-bond acceptors (Lipinski definition) is 3. The molecule has 1 aromatic rings. The third-order valence-corrected chi connectivity index (χ3v) is 3.96. The number of rotatable bonds is 5. The lowest BCUT2D eigenvalue weighted by atomic mass is 10.2. The van der Waals surface area contributed by atoms with Crippen LogP contribution in [-0.2, 0) is 9.59 Å². The molecule has 1 rings (SSSR count). The third-order valence-electron chi connectivity index (χ3n) is 2.25. The van der Waals surface area contributed by atoms with Crippen LogP contribution in [0.2, 0.25) is 0 Å². The van der Waals surface area contributed by atoms with Crippen LogP contribution >= 0.6 is 47.8 Å². The van der Waals surface area contributed by atoms with Gasteiger partial charge in [0.25, 0.3) is 0 Å². The second kappa shape index (κ2) is 7.76. The molecule has 21 heavy (non-hydrogen) atoms. The predicted molar refractivity (Wildman–Crippen MR) is 86.9 cm³/mol. The van der Waals surface area contributed by atoms with Crippen molar-refractivity contribution in [3.63, 3.8) is 0 Å². The number of carboxylic acid groups (broad SMARTS) is 1. The van der Waals surface area contributed by atoms with Gasteiger partial charge in [-0.2, -0.15) is 0 Å². The van der Waals surface area contributed by atoms with Gasteiger partial charge in [0.2, 0.25) is 5.91 Å². The zero-order valence-corrected chi connectivity index (χ0v) is 15.1. The molecule has 0 aliphatic rings. The van der Waals surface area contributed by atoms with E-state index in [1.807, 2.05) is 0 Å². The lowest BCUT2D eigenvalue weighted by Gasteiger charge is -2.15. The Balaban J connectivity index is 2.82. The van der Waals surface area contributed by atoms with E-state index in [-0.39, 0.29) is 0 Å². The molecule has 0 fully saturated rings. The van der Waals surface area contributed by atoms with Gasteiger partial charge in [0, 0.05) is 13.4 Å². The topological polar surface area (TPSA) is 122 Å². The number of hydrogen-bond donors (Lipinski definition) is 4. The lowest BCUT2D eigenvalue weighted by molar-refractivity contribution is -0.140. The molecule has 0 aliphatic carbocycles. The molecule has 0 saturated carbocycles. The zero-order valence-electron chi connectivity index (χ0n) is 10.3. The molecule has 3 amide bonds. The van der Waals surface area contributed by atoms with Gasteiger partial charge in [0.15, 0.2) is 0 Å². The van der Waals surface area contributed by atoms with Crippen molar-refractivity contribution in [1.82, 2.24) is 5.32 Å². The SMILES string of the molecule is NC(=O)CC(NC(=O)Nc1c(Br)cc(Br)cc1Br)C(=O)O. The maximum absolute atomic E-state index is 11.8. The minimum atomic E-state index is -1.39. The molecule has 0 radical (unpaired) electrons. The van der Waals surface area contributed by atoms with E-state index in [9.17, 15) is 14.4 Å². The van der Waals surface area contributed by atoms with Crippen LogP contribution in [-0.4, -0.2) is 29.1 Å². The van der Waals surface area contributed by atoms with Crippen LogP contribution in [0.5, 0.6) is 0 Å². The first-order valence-electron chi connectivity index (χ1n) is 5.44. The van der Waals surface area contributed by atoms with Gasteiger partial charge in [-0.15, -0.1) is 0 Å². The highest BCUT2D eigenvalue weighted by atomic mass is 79.9. The van der Waals surface area contributed by atoms with Gasteiger partial charge in [-0.25, -0.2) is 9.59 Å². The van der Waals surface area contributed by atoms with Crippen molar-refractivity contribution < 1.29 is 19.5 Å². The summed E-state index contributed by atoms with van der Waals surface area (Å²) >= 11 is 9.82. The molecule has 5 N–H and O–H groups in total. The van der Waals surface area contributed by atoms with Gasteiger partial charge in [0.05, 0.1) is 12.1 Å². The number of primary amides is 1. The Morgan fingerprint density at radius 1 is 1.19 bits per heavy atom. The summed E-state index contributed by atoms with van der Waals surface area (Å²) < 4.78 is 1.95. The first-order chi connectivity index (χ1) is 9.70. The van der Waals surface area contributed by atoms with E-state index in [1.165, 1.54) is 0 Å². The quantitative estimate of drug-likeness (QED) is 0.509. The normalized spacial score (nSPS) is 11.6. The summed E-state index contributed by atoms with van der Waals surface area (Å²) in [7, 11) is 0. The second-order valence-corrected chi connectivity index (χ2v) is 6.53. The Morgan fingerprint density at radius 3 is 2.14 bits per heavy atom. The molecular weight excluding hydrogens is 478 g/mol. The van der Waals surface area contributed by atoms with E-state index >= 15 is 0 Å². The minimum Gasteiger partial charge on any atom is -0.480 e. The van der Waals surface area contributed by atoms with Gasteiger partial charge >= 0.3 is 12.0 Å². The zero-order chi connectivity index (χ0) is 16.2. The molecule has 7 nitrogen and oxygen atoms in total. The number of halogens is 3. The Morgan fingerprint density at radius 2 is 1.71 bits per heavy atom. The van der Waals surface area contributed by atoms with Crippen molar-refractivity contribution in [2.45, 2.75) is 12.5 Å². The van der Waals surface area contributed by atoms with Gasteiger partial charge in [-0.1, -0.05) is 15.9 Å². The number of amides is 3. The van der Waals surface area contributed by atoms with Gasteiger partial charge in [0.1, 0.15) is 6.04 Å². The molecule has 0 heterocycles. The summed E-state index contributed by atoms with van der Waals surface area (Å²) in [6.07, 6.45) is -0.495. The van der Waals surface area contributed by atoms with E-state index in [2.05, 4.69) is 58.4 Å². The van der Waals surface area contributed by atoms with Crippen molar-refractivity contribution in [2.24, 2.45) is 5.73 Å². The summed E-state index contributed by atoms with van der Waals surface area (Å²) in [6.45, 7) is 0. The largest absolute Gasteiger partial charge is 0.480 e. The number of urea groups is 1. The predicted octanol–water partition coefficient (Wildman–Crippen LogP) is 2.42. The average molecular weight is 488 g/mol. The standard InChI is InChI=1S/C11H10Br3N3O4/c12-4-1-5(13)9(6(14)2-4)17-11(21)16-7(10(19)20)3-8(15)18/h1-2,7H,3H2,(H2,15,18)(H,19,20)(H2,16,17,21). The van der Waals surface area contributed by atoms with E-state index in [1.54, 1.807) is 12.1 Å². The van der Waals surface area contributed by atoms with Crippen LogP contribution in [0.3, 0.4) is 0 Å². The van der Waals surface area contributed by atoms with Crippen LogP contribution in [0.1, 0.15) is 6.42 Å². The highest BCUT2D eigenvalue weighted by Gasteiger charge is 2.22. The molecular formula is C11H10Br3N3O4. The number of aliphatic carboxylic acids is 1. The molecule has 1 unspecified atom stereocenters. The molecule has 114 valence electrons. The summed E-state index contributed by atoms with van der Waals surface area (Å²) in [5.41, 5.74) is 5.35. The molecule has 1 aromatic carbocycles. The van der Waals surface area contributed by atoms with Crippen molar-refractivity contribution in [3.05, 3.63) is 25.6 Å². The maximum Gasteiger partial charge on any atom is 0.326 e. The van der Waals surface area contributed by atoms with Crippen molar-refractivity contribution in [3.8, 4) is 0 Å². The molecule has 0 saturated heterocycles. The van der Waals surface area contributed by atoms with Crippen molar-refractivity contribution in [1.29, 1.82) is 0 Å². The second-order valence-electron chi connectivity index (χ2n) is 3.90. The number of benzene rings is 1. The molecule has 0 aliphatic heterocycles. The number of nitrogens with two attached hydrogens (primary N) is 1. The third kappa shape index (κ3) is 5.64. The highest BCUT2D eigenvalue weighted by molar-refractivity contribution is 9.11. The summed E-state index contributed by atoms with van der Waals surface area (Å²) in [5.74, 6) is -2.17. The number of carboxylic acids is 1. The number of nitrogens with one attached hydrogen (secondary N) is 2.